The van der Waals surface area contributed by atoms with Gasteiger partial charge in [-0.05, 0) is 51.6 Å². The first-order valence-electron chi connectivity index (χ1n) is 9.66. The van der Waals surface area contributed by atoms with Crippen molar-refractivity contribution in [1.82, 2.24) is 20.1 Å². The highest BCUT2D eigenvalue weighted by Gasteiger charge is 2.26. The summed E-state index contributed by atoms with van der Waals surface area (Å²) in [7, 11) is 0. The number of carbonyl (C=O) groups is 1. The molecule has 1 aromatic rings. The second kappa shape index (κ2) is 11.2. The number of piperidine rings is 1. The Balaban J connectivity index is 0.00000182. The smallest absolute Gasteiger partial charge is 0.222 e. The van der Waals surface area contributed by atoms with E-state index in [1.807, 2.05) is 18.7 Å². The van der Waals surface area contributed by atoms with E-state index in [2.05, 4.69) is 22.1 Å². The molecule has 2 saturated heterocycles. The lowest BCUT2D eigenvalue weighted by molar-refractivity contribution is -0.134. The third-order valence-corrected chi connectivity index (χ3v) is 5.84. The van der Waals surface area contributed by atoms with Crippen LogP contribution in [0.15, 0.2) is 4.42 Å². The van der Waals surface area contributed by atoms with E-state index in [-0.39, 0.29) is 24.8 Å². The third-order valence-electron chi connectivity index (χ3n) is 5.84. The van der Waals surface area contributed by atoms with Crippen molar-refractivity contribution in [2.45, 2.75) is 46.6 Å². The van der Waals surface area contributed by atoms with Crippen molar-refractivity contribution in [1.29, 1.82) is 0 Å². The summed E-state index contributed by atoms with van der Waals surface area (Å²) in [6, 6.07) is 0. The Morgan fingerprint density at radius 2 is 1.81 bits per heavy atom. The number of nitrogens with zero attached hydrogens (tertiary/aromatic N) is 3. The monoisotopic (exact) mass is 420 g/mol. The van der Waals surface area contributed by atoms with Gasteiger partial charge in [0.05, 0.1) is 12.2 Å². The molecule has 3 heterocycles. The molecule has 0 aromatic carbocycles. The lowest BCUT2D eigenvalue weighted by Crippen LogP contribution is -2.48. The molecule has 2 fully saturated rings. The van der Waals surface area contributed by atoms with Crippen LogP contribution in [0.1, 0.15) is 43.5 Å². The van der Waals surface area contributed by atoms with E-state index in [9.17, 15) is 4.79 Å². The highest BCUT2D eigenvalue weighted by atomic mass is 35.5. The number of aryl methyl sites for hydroxylation is 2. The average molecular weight is 421 g/mol. The van der Waals surface area contributed by atoms with Gasteiger partial charge < -0.3 is 14.6 Å². The molecule has 156 valence electrons. The summed E-state index contributed by atoms with van der Waals surface area (Å²) in [5.74, 6) is 3.20. The number of hydrogen-bond donors (Lipinski definition) is 1. The van der Waals surface area contributed by atoms with Gasteiger partial charge in [-0.25, -0.2) is 4.98 Å². The molecule has 6 nitrogen and oxygen atoms in total. The van der Waals surface area contributed by atoms with Crippen molar-refractivity contribution >= 4 is 30.7 Å². The molecule has 0 bridgehead atoms. The number of oxazole rings is 1. The zero-order chi connectivity index (χ0) is 17.8. The zero-order valence-electron chi connectivity index (χ0n) is 16.7. The molecule has 1 atom stereocenters. The molecule has 3 rings (SSSR count). The van der Waals surface area contributed by atoms with E-state index < -0.39 is 0 Å². The molecule has 1 aromatic heterocycles. The van der Waals surface area contributed by atoms with Gasteiger partial charge in [-0.15, -0.1) is 24.8 Å². The van der Waals surface area contributed by atoms with E-state index in [4.69, 9.17) is 4.42 Å². The summed E-state index contributed by atoms with van der Waals surface area (Å²) in [6.07, 6.45) is 3.11. The molecular weight excluding hydrogens is 387 g/mol. The second-order valence-electron chi connectivity index (χ2n) is 7.67. The van der Waals surface area contributed by atoms with Crippen molar-refractivity contribution in [2.75, 3.05) is 39.3 Å². The summed E-state index contributed by atoms with van der Waals surface area (Å²) in [4.78, 5) is 21.4. The maximum Gasteiger partial charge on any atom is 0.222 e. The quantitative estimate of drug-likeness (QED) is 0.792. The predicted molar refractivity (Wildman–Crippen MR) is 112 cm³/mol. The van der Waals surface area contributed by atoms with E-state index in [1.165, 1.54) is 12.8 Å². The highest BCUT2D eigenvalue weighted by Crippen LogP contribution is 2.25. The molecule has 1 amide bonds. The minimum Gasteiger partial charge on any atom is -0.444 e. The van der Waals surface area contributed by atoms with Gasteiger partial charge >= 0.3 is 0 Å². The summed E-state index contributed by atoms with van der Waals surface area (Å²) in [6.45, 7) is 12.5. The fourth-order valence-electron chi connectivity index (χ4n) is 3.94. The number of piperazine rings is 1. The van der Waals surface area contributed by atoms with Gasteiger partial charge in [-0.2, -0.15) is 0 Å². The summed E-state index contributed by atoms with van der Waals surface area (Å²) >= 11 is 0. The van der Waals surface area contributed by atoms with Crippen LogP contribution in [0.4, 0.5) is 0 Å². The van der Waals surface area contributed by atoms with Gasteiger partial charge in [0.15, 0.2) is 0 Å². The van der Waals surface area contributed by atoms with Gasteiger partial charge in [-0.1, -0.05) is 6.92 Å². The first-order chi connectivity index (χ1) is 12.0. The number of rotatable bonds is 5. The predicted octanol–water partition coefficient (Wildman–Crippen LogP) is 2.81. The first-order valence-corrected chi connectivity index (χ1v) is 9.66. The fraction of sp³-hybridized carbons (Fsp3) is 0.789. The number of nitrogens with one attached hydrogen (secondary N) is 1. The standard InChI is InChI=1S/C19H32N4O2.2ClH/c1-14(17-4-6-20-7-5-17)12-19(24)23-10-8-22(9-11-23)13-18-21-15(2)16(3)25-18;;/h14,17,20H,4-13H2,1-3H3;2*1H. The van der Waals surface area contributed by atoms with Crippen molar-refractivity contribution in [3.05, 3.63) is 17.3 Å². The molecular formula is C19H34Cl2N4O2. The number of hydrogen-bond acceptors (Lipinski definition) is 5. The first kappa shape index (κ1) is 24.2. The van der Waals surface area contributed by atoms with E-state index in [1.54, 1.807) is 0 Å². The van der Waals surface area contributed by atoms with Crippen LogP contribution < -0.4 is 5.32 Å². The molecule has 0 radical (unpaired) electrons. The Labute approximate surface area is 175 Å². The molecule has 0 aliphatic carbocycles. The molecule has 1 unspecified atom stereocenters. The summed E-state index contributed by atoms with van der Waals surface area (Å²) in [5.41, 5.74) is 0.968. The Morgan fingerprint density at radius 3 is 2.37 bits per heavy atom. The summed E-state index contributed by atoms with van der Waals surface area (Å²) < 4.78 is 5.67. The van der Waals surface area contributed by atoms with Gasteiger partial charge in [0, 0.05) is 32.6 Å². The van der Waals surface area contributed by atoms with Crippen LogP contribution in [0.5, 0.6) is 0 Å². The molecule has 27 heavy (non-hydrogen) atoms. The number of halogens is 2. The number of aromatic nitrogens is 1. The topological polar surface area (TPSA) is 61.6 Å². The Bertz CT molecular complexity index is 563. The molecule has 0 saturated carbocycles. The Kier molecular flexibility index (Phi) is 10.1. The number of carbonyl (C=O) groups excluding carboxylic acids is 1. The second-order valence-corrected chi connectivity index (χ2v) is 7.67. The molecule has 2 aliphatic rings. The minimum atomic E-state index is 0. The van der Waals surface area contributed by atoms with Gasteiger partial charge in [-0.3, -0.25) is 9.69 Å². The van der Waals surface area contributed by atoms with E-state index in [0.29, 0.717) is 24.2 Å². The Hall–Kier alpha value is -0.820. The molecule has 1 N–H and O–H groups in total. The van der Waals surface area contributed by atoms with Crippen molar-refractivity contribution < 1.29 is 9.21 Å². The van der Waals surface area contributed by atoms with Gasteiger partial charge in [0.2, 0.25) is 11.8 Å². The van der Waals surface area contributed by atoms with Crippen molar-refractivity contribution in [2.24, 2.45) is 11.8 Å². The van der Waals surface area contributed by atoms with Crippen LogP contribution in [0, 0.1) is 25.7 Å². The van der Waals surface area contributed by atoms with E-state index in [0.717, 1.165) is 63.2 Å². The highest BCUT2D eigenvalue weighted by molar-refractivity contribution is 5.85. The summed E-state index contributed by atoms with van der Waals surface area (Å²) in [5, 5.41) is 3.40. The largest absolute Gasteiger partial charge is 0.444 e. The lowest BCUT2D eigenvalue weighted by Gasteiger charge is -2.35. The molecule has 0 spiro atoms. The third kappa shape index (κ3) is 6.63. The van der Waals surface area contributed by atoms with Crippen molar-refractivity contribution in [3.8, 4) is 0 Å². The van der Waals surface area contributed by atoms with Crippen LogP contribution in [0.25, 0.3) is 0 Å². The molecule has 8 heteroatoms. The van der Waals surface area contributed by atoms with Crippen LogP contribution in [0.2, 0.25) is 0 Å². The van der Waals surface area contributed by atoms with Gasteiger partial charge in [0.1, 0.15) is 5.76 Å². The van der Waals surface area contributed by atoms with Crippen LogP contribution in [-0.2, 0) is 11.3 Å². The fourth-order valence-corrected chi connectivity index (χ4v) is 3.94. The molecule has 2 aliphatic heterocycles. The zero-order valence-corrected chi connectivity index (χ0v) is 18.3. The maximum atomic E-state index is 12.6. The number of amides is 1. The van der Waals surface area contributed by atoms with Gasteiger partial charge in [0.25, 0.3) is 0 Å². The van der Waals surface area contributed by atoms with Crippen LogP contribution in [0.3, 0.4) is 0 Å². The lowest BCUT2D eigenvalue weighted by atomic mass is 9.84. The van der Waals surface area contributed by atoms with Crippen molar-refractivity contribution in [3.63, 3.8) is 0 Å². The SMILES string of the molecule is Cc1nc(CN2CCN(C(=O)CC(C)C3CCNCC3)CC2)oc1C.Cl.Cl. The maximum absolute atomic E-state index is 12.6. The van der Waals surface area contributed by atoms with Crippen LogP contribution in [-0.4, -0.2) is 60.0 Å². The van der Waals surface area contributed by atoms with E-state index >= 15 is 0 Å². The Morgan fingerprint density at radius 1 is 1.19 bits per heavy atom. The normalized spacial score (nSPS) is 19.9. The average Bonchev–Trinajstić information content (AvgIpc) is 2.93. The minimum absolute atomic E-state index is 0. The van der Waals surface area contributed by atoms with Crippen LogP contribution >= 0.6 is 24.8 Å².